The van der Waals surface area contributed by atoms with Crippen molar-refractivity contribution in [3.63, 3.8) is 0 Å². The van der Waals surface area contributed by atoms with Gasteiger partial charge in [0.25, 0.3) is 0 Å². The van der Waals surface area contributed by atoms with Gasteiger partial charge >= 0.3 is 0 Å². The summed E-state index contributed by atoms with van der Waals surface area (Å²) in [7, 11) is 0. The molecule has 0 aromatic carbocycles. The molecule has 0 aromatic rings. The van der Waals surface area contributed by atoms with Crippen LogP contribution < -0.4 is 0 Å². The second kappa shape index (κ2) is 3.95. The minimum absolute atomic E-state index is 0.286. The number of epoxide rings is 2. The zero-order chi connectivity index (χ0) is 9.26. The maximum Gasteiger partial charge on any atom is 0.107 e. The van der Waals surface area contributed by atoms with Crippen molar-refractivity contribution < 1.29 is 14.2 Å². The molecule has 3 heteroatoms. The molecule has 13 heavy (non-hydrogen) atoms. The van der Waals surface area contributed by atoms with Crippen molar-refractivity contribution in [2.45, 2.75) is 51.1 Å². The van der Waals surface area contributed by atoms with Gasteiger partial charge in [0.15, 0.2) is 0 Å². The summed E-state index contributed by atoms with van der Waals surface area (Å²) in [4.78, 5) is 0. The Kier molecular flexibility index (Phi) is 2.86. The topological polar surface area (TPSA) is 34.3 Å². The van der Waals surface area contributed by atoms with Crippen LogP contribution in [0.2, 0.25) is 0 Å². The Morgan fingerprint density at radius 2 is 1.46 bits per heavy atom. The van der Waals surface area contributed by atoms with Gasteiger partial charge in [-0.15, -0.1) is 0 Å². The molecule has 0 radical (unpaired) electrons. The van der Waals surface area contributed by atoms with Gasteiger partial charge in [-0.05, 0) is 12.8 Å². The van der Waals surface area contributed by atoms with Crippen molar-refractivity contribution in [3.05, 3.63) is 0 Å². The largest absolute Gasteiger partial charge is 0.370 e. The lowest BCUT2D eigenvalue weighted by Crippen LogP contribution is -2.29. The van der Waals surface area contributed by atoms with E-state index in [-0.39, 0.29) is 12.2 Å². The van der Waals surface area contributed by atoms with Gasteiger partial charge in [-0.25, -0.2) is 0 Å². The lowest BCUT2D eigenvalue weighted by atomic mass is 10.1. The predicted octanol–water partition coefficient (Wildman–Crippen LogP) is 1.36. The van der Waals surface area contributed by atoms with Gasteiger partial charge in [-0.2, -0.15) is 0 Å². The van der Waals surface area contributed by atoms with E-state index in [1.54, 1.807) is 0 Å². The minimum atomic E-state index is 0.286. The number of rotatable bonds is 6. The number of hydrogen-bond donors (Lipinski definition) is 0. The lowest BCUT2D eigenvalue weighted by molar-refractivity contribution is -0.0406. The number of ether oxygens (including phenoxy) is 3. The first-order chi connectivity index (χ1) is 6.35. The number of hydrogen-bond acceptors (Lipinski definition) is 3. The molecule has 0 aliphatic carbocycles. The predicted molar refractivity (Wildman–Crippen MR) is 48.7 cm³/mol. The third-order valence-corrected chi connectivity index (χ3v) is 2.70. The molecule has 2 aliphatic heterocycles. The van der Waals surface area contributed by atoms with Gasteiger partial charge in [0.2, 0.25) is 0 Å². The van der Waals surface area contributed by atoms with E-state index in [4.69, 9.17) is 14.2 Å². The Morgan fingerprint density at radius 1 is 1.08 bits per heavy atom. The average Bonchev–Trinajstić information content (AvgIpc) is 2.99. The maximum atomic E-state index is 5.95. The second-order valence-corrected chi connectivity index (χ2v) is 3.77. The maximum absolute atomic E-state index is 5.95. The van der Waals surface area contributed by atoms with Crippen molar-refractivity contribution in [1.29, 1.82) is 0 Å². The van der Waals surface area contributed by atoms with Crippen molar-refractivity contribution in [2.75, 3.05) is 13.2 Å². The van der Waals surface area contributed by atoms with Gasteiger partial charge in [0.05, 0.1) is 25.4 Å². The smallest absolute Gasteiger partial charge is 0.107 e. The summed E-state index contributed by atoms with van der Waals surface area (Å²) in [6.45, 7) is 6.04. The Labute approximate surface area is 79.4 Å². The van der Waals surface area contributed by atoms with E-state index >= 15 is 0 Å². The average molecular weight is 186 g/mol. The van der Waals surface area contributed by atoms with Gasteiger partial charge in [-0.1, -0.05) is 13.8 Å². The molecular weight excluding hydrogens is 168 g/mol. The van der Waals surface area contributed by atoms with Gasteiger partial charge in [-0.3, -0.25) is 0 Å². The van der Waals surface area contributed by atoms with Crippen LogP contribution in [0.15, 0.2) is 0 Å². The van der Waals surface area contributed by atoms with Gasteiger partial charge < -0.3 is 14.2 Å². The highest BCUT2D eigenvalue weighted by atomic mass is 16.6. The van der Waals surface area contributed by atoms with Gasteiger partial charge in [0.1, 0.15) is 12.2 Å². The van der Waals surface area contributed by atoms with E-state index < -0.39 is 0 Å². The van der Waals surface area contributed by atoms with Crippen LogP contribution in [-0.2, 0) is 14.2 Å². The Balaban J connectivity index is 1.78. The first kappa shape index (κ1) is 9.44. The molecule has 0 aromatic heterocycles. The summed E-state index contributed by atoms with van der Waals surface area (Å²) in [5, 5.41) is 0. The molecule has 76 valence electrons. The molecule has 3 nitrogen and oxygen atoms in total. The molecule has 0 amide bonds. The van der Waals surface area contributed by atoms with E-state index in [0.29, 0.717) is 12.2 Å². The molecule has 4 atom stereocenters. The molecule has 0 spiro atoms. The van der Waals surface area contributed by atoms with Crippen molar-refractivity contribution in [2.24, 2.45) is 0 Å². The monoisotopic (exact) mass is 186 g/mol. The van der Waals surface area contributed by atoms with Gasteiger partial charge in [0, 0.05) is 0 Å². The lowest BCUT2D eigenvalue weighted by Gasteiger charge is -2.20. The molecule has 0 bridgehead atoms. The Morgan fingerprint density at radius 3 is 1.69 bits per heavy atom. The molecule has 2 unspecified atom stereocenters. The first-order valence-corrected chi connectivity index (χ1v) is 5.23. The highest BCUT2D eigenvalue weighted by molar-refractivity contribution is 4.84. The fourth-order valence-electron chi connectivity index (χ4n) is 1.66. The van der Waals surface area contributed by atoms with Crippen LogP contribution in [0.4, 0.5) is 0 Å². The Bertz CT molecular complexity index is 146. The molecule has 2 heterocycles. The second-order valence-electron chi connectivity index (χ2n) is 3.77. The highest BCUT2D eigenvalue weighted by Crippen LogP contribution is 2.26. The SMILES string of the molecule is CCC(OC(CC)[C@@H]1CO1)[C@@H]1CO1. The normalized spacial score (nSPS) is 35.5. The van der Waals surface area contributed by atoms with E-state index in [9.17, 15) is 0 Å². The van der Waals surface area contributed by atoms with Crippen LogP contribution >= 0.6 is 0 Å². The summed E-state index contributed by atoms with van der Waals surface area (Å²) < 4.78 is 16.4. The fourth-order valence-corrected chi connectivity index (χ4v) is 1.66. The van der Waals surface area contributed by atoms with E-state index in [2.05, 4.69) is 13.8 Å². The third-order valence-electron chi connectivity index (χ3n) is 2.70. The van der Waals surface area contributed by atoms with Crippen LogP contribution in [0.5, 0.6) is 0 Å². The van der Waals surface area contributed by atoms with Crippen LogP contribution in [0.3, 0.4) is 0 Å². The van der Waals surface area contributed by atoms with Crippen LogP contribution in [-0.4, -0.2) is 37.6 Å². The summed E-state index contributed by atoms with van der Waals surface area (Å²) >= 11 is 0. The van der Waals surface area contributed by atoms with Crippen LogP contribution in [0.25, 0.3) is 0 Å². The third kappa shape index (κ3) is 2.42. The van der Waals surface area contributed by atoms with Crippen molar-refractivity contribution >= 4 is 0 Å². The molecule has 0 saturated carbocycles. The van der Waals surface area contributed by atoms with E-state index in [1.165, 1.54) is 0 Å². The summed E-state index contributed by atoms with van der Waals surface area (Å²) in [5.74, 6) is 0. The van der Waals surface area contributed by atoms with Crippen molar-refractivity contribution in [1.82, 2.24) is 0 Å². The Hall–Kier alpha value is -0.120. The van der Waals surface area contributed by atoms with Crippen LogP contribution in [0.1, 0.15) is 26.7 Å². The standard InChI is InChI=1S/C10H18O3/c1-3-7(9-5-11-9)13-8(4-2)10-6-12-10/h7-10H,3-6H2,1-2H3/t7?,8?,9-,10-/m0/s1. The zero-order valence-corrected chi connectivity index (χ0v) is 8.36. The molecule has 2 rings (SSSR count). The quantitative estimate of drug-likeness (QED) is 0.587. The molecule has 2 saturated heterocycles. The molecule has 2 aliphatic rings. The first-order valence-electron chi connectivity index (χ1n) is 5.23. The summed E-state index contributed by atoms with van der Waals surface area (Å²) in [6.07, 6.45) is 3.36. The summed E-state index contributed by atoms with van der Waals surface area (Å²) in [5.41, 5.74) is 0. The zero-order valence-electron chi connectivity index (χ0n) is 8.36. The minimum Gasteiger partial charge on any atom is -0.370 e. The van der Waals surface area contributed by atoms with Crippen molar-refractivity contribution in [3.8, 4) is 0 Å². The van der Waals surface area contributed by atoms with Crippen LogP contribution in [0, 0.1) is 0 Å². The molecule has 0 N–H and O–H groups in total. The fraction of sp³-hybridized carbons (Fsp3) is 1.00. The summed E-state index contributed by atoms with van der Waals surface area (Å²) in [6, 6.07) is 0. The van der Waals surface area contributed by atoms with E-state index in [0.717, 1.165) is 26.1 Å². The van der Waals surface area contributed by atoms with E-state index in [1.807, 2.05) is 0 Å². The molecule has 2 fully saturated rings. The molecular formula is C10H18O3. The highest BCUT2D eigenvalue weighted by Gasteiger charge is 2.38.